The smallest absolute Gasteiger partial charge is 0.276 e. The second-order valence-electron chi connectivity index (χ2n) is 12.0. The molecule has 2 aromatic heterocycles. The maximum absolute atomic E-state index is 14.0. The van der Waals surface area contributed by atoms with Crippen molar-refractivity contribution in [2.75, 3.05) is 0 Å². The minimum atomic E-state index is -2.73. The highest BCUT2D eigenvalue weighted by molar-refractivity contribution is 5.93. The molecule has 41 heavy (non-hydrogen) atoms. The number of rotatable bonds is 10. The molecule has 0 bridgehead atoms. The zero-order chi connectivity index (χ0) is 28.9. The Balaban J connectivity index is 1.21. The van der Waals surface area contributed by atoms with Crippen LogP contribution in [-0.4, -0.2) is 43.9 Å². The molecule has 2 amide bonds. The van der Waals surface area contributed by atoms with Gasteiger partial charge in [-0.25, -0.2) is 27.2 Å². The molecule has 3 N–H and O–H groups in total. The molecule has 0 aliphatic heterocycles. The van der Waals surface area contributed by atoms with Gasteiger partial charge < -0.3 is 15.6 Å². The van der Waals surface area contributed by atoms with E-state index in [0.29, 0.717) is 29.0 Å². The third kappa shape index (κ3) is 6.23. The van der Waals surface area contributed by atoms with Gasteiger partial charge in [-0.1, -0.05) is 11.2 Å². The Morgan fingerprint density at radius 3 is 2.44 bits per heavy atom. The summed E-state index contributed by atoms with van der Waals surface area (Å²) in [5, 5.41) is 13.2. The molecule has 9 nitrogen and oxygen atoms in total. The van der Waals surface area contributed by atoms with Gasteiger partial charge in [-0.3, -0.25) is 9.59 Å². The summed E-state index contributed by atoms with van der Waals surface area (Å²) in [4.78, 5) is 33.5. The molecular weight excluding hydrogens is 544 g/mol. The Morgan fingerprint density at radius 1 is 1.05 bits per heavy atom. The standard InChI is InChI=1S/C28H32F4N6O3/c1-14-23(38-41-37-14)26(40)35-21(8-15-6-7-27(29,30)11-15)25-33-19-5-4-18(10-20(19)34-25)24(17-2-3-17)36-22(39)9-16-12-28(31,32)13-16/h4-5,10,15-17,21,24H,2-3,6-9,11-13H2,1H3,(H,33,34)(H,35,40)(H,36,39)/t15-,21+,24-/m1/s1. The number of nitrogens with zero attached hydrogens (tertiary/aromatic N) is 3. The molecule has 3 saturated carbocycles. The van der Waals surface area contributed by atoms with Crippen LogP contribution in [0.25, 0.3) is 11.0 Å². The van der Waals surface area contributed by atoms with Crippen molar-refractivity contribution in [2.45, 2.75) is 88.6 Å². The molecule has 3 aliphatic carbocycles. The maximum atomic E-state index is 14.0. The third-order valence-electron chi connectivity index (χ3n) is 8.52. The molecule has 3 atom stereocenters. The van der Waals surface area contributed by atoms with Crippen LogP contribution in [0.3, 0.4) is 0 Å². The van der Waals surface area contributed by atoms with Crippen LogP contribution in [0.5, 0.6) is 0 Å². The van der Waals surface area contributed by atoms with Crippen LogP contribution in [0.1, 0.15) is 97.4 Å². The van der Waals surface area contributed by atoms with E-state index >= 15 is 0 Å². The van der Waals surface area contributed by atoms with Crippen molar-refractivity contribution in [3.8, 4) is 0 Å². The van der Waals surface area contributed by atoms with E-state index in [1.165, 1.54) is 0 Å². The summed E-state index contributed by atoms with van der Waals surface area (Å²) in [5.41, 5.74) is 2.48. The van der Waals surface area contributed by atoms with E-state index in [4.69, 9.17) is 0 Å². The van der Waals surface area contributed by atoms with Crippen molar-refractivity contribution in [3.63, 3.8) is 0 Å². The van der Waals surface area contributed by atoms with Gasteiger partial charge in [0.05, 0.1) is 23.1 Å². The van der Waals surface area contributed by atoms with Gasteiger partial charge in [-0.15, -0.1) is 0 Å². The number of fused-ring (bicyclic) bond motifs is 1. The molecule has 3 aliphatic rings. The zero-order valence-corrected chi connectivity index (χ0v) is 22.6. The first-order valence-electron chi connectivity index (χ1n) is 14.1. The minimum absolute atomic E-state index is 0.0128. The van der Waals surface area contributed by atoms with Crippen LogP contribution < -0.4 is 10.6 Å². The Hall–Kier alpha value is -3.51. The average Bonchev–Trinajstić information content (AvgIpc) is 3.32. The zero-order valence-electron chi connectivity index (χ0n) is 22.6. The molecule has 1 aromatic carbocycles. The first kappa shape index (κ1) is 27.6. The second-order valence-corrected chi connectivity index (χ2v) is 12.0. The summed E-state index contributed by atoms with van der Waals surface area (Å²) in [6.07, 6.45) is 1.65. The summed E-state index contributed by atoms with van der Waals surface area (Å²) in [6.45, 7) is 1.58. The molecule has 220 valence electrons. The van der Waals surface area contributed by atoms with Crippen molar-refractivity contribution in [1.82, 2.24) is 30.9 Å². The van der Waals surface area contributed by atoms with E-state index in [2.05, 4.69) is 35.5 Å². The Bertz CT molecular complexity index is 1440. The first-order chi connectivity index (χ1) is 19.4. The molecule has 0 radical (unpaired) electrons. The largest absolute Gasteiger partial charge is 0.349 e. The monoisotopic (exact) mass is 576 g/mol. The summed E-state index contributed by atoms with van der Waals surface area (Å²) in [6, 6.07) is 4.64. The Labute approximate surface area is 233 Å². The molecule has 3 aromatic rings. The Morgan fingerprint density at radius 2 is 1.80 bits per heavy atom. The number of aromatic amines is 1. The predicted octanol–water partition coefficient (Wildman–Crippen LogP) is 5.55. The van der Waals surface area contributed by atoms with E-state index < -0.39 is 23.8 Å². The molecule has 6 rings (SSSR count). The lowest BCUT2D eigenvalue weighted by Gasteiger charge is -2.34. The number of aromatic nitrogens is 4. The number of hydrogen-bond donors (Lipinski definition) is 3. The molecule has 0 spiro atoms. The van der Waals surface area contributed by atoms with Crippen LogP contribution in [0.15, 0.2) is 22.8 Å². The highest BCUT2D eigenvalue weighted by atomic mass is 19.3. The van der Waals surface area contributed by atoms with Gasteiger partial charge in [0.15, 0.2) is 5.69 Å². The van der Waals surface area contributed by atoms with Crippen LogP contribution in [0.4, 0.5) is 17.6 Å². The van der Waals surface area contributed by atoms with Gasteiger partial charge in [-0.2, -0.15) is 0 Å². The van der Waals surface area contributed by atoms with Crippen molar-refractivity contribution < 1.29 is 31.8 Å². The quantitative estimate of drug-likeness (QED) is 0.272. The number of H-pyrrole nitrogens is 1. The second kappa shape index (κ2) is 10.4. The van der Waals surface area contributed by atoms with E-state index in [9.17, 15) is 27.2 Å². The first-order valence-corrected chi connectivity index (χ1v) is 14.1. The van der Waals surface area contributed by atoms with E-state index in [-0.39, 0.29) is 73.9 Å². The molecule has 2 heterocycles. The summed E-state index contributed by atoms with van der Waals surface area (Å²) >= 11 is 0. The highest BCUT2D eigenvalue weighted by Gasteiger charge is 2.46. The normalized spacial score (nSPS) is 23.2. The lowest BCUT2D eigenvalue weighted by atomic mass is 9.79. The SMILES string of the molecule is Cc1nonc1C(=O)N[C@@H](C[C@H]1CCC(F)(F)C1)c1nc2ccc([C@H](NC(=O)CC3CC(F)(F)C3)C3CC3)cc2[nH]1. The molecule has 0 saturated heterocycles. The van der Waals surface area contributed by atoms with Crippen molar-refractivity contribution in [3.05, 3.63) is 41.0 Å². The fourth-order valence-electron chi connectivity index (χ4n) is 6.21. The van der Waals surface area contributed by atoms with Gasteiger partial charge in [0.1, 0.15) is 11.5 Å². The number of halogens is 4. The van der Waals surface area contributed by atoms with Crippen molar-refractivity contribution >= 4 is 22.8 Å². The third-order valence-corrected chi connectivity index (χ3v) is 8.52. The number of alkyl halides is 4. The fourth-order valence-corrected chi connectivity index (χ4v) is 6.21. The lowest BCUT2D eigenvalue weighted by Crippen LogP contribution is -2.39. The van der Waals surface area contributed by atoms with Gasteiger partial charge >= 0.3 is 0 Å². The van der Waals surface area contributed by atoms with E-state index in [1.807, 2.05) is 18.2 Å². The number of carbonyl (C=O) groups excluding carboxylic acids is 2. The summed E-state index contributed by atoms with van der Waals surface area (Å²) in [7, 11) is 0. The number of aryl methyl sites for hydroxylation is 1. The number of benzene rings is 1. The summed E-state index contributed by atoms with van der Waals surface area (Å²) < 4.78 is 59.0. The lowest BCUT2D eigenvalue weighted by molar-refractivity contribution is -0.134. The van der Waals surface area contributed by atoms with E-state index in [0.717, 1.165) is 18.4 Å². The van der Waals surface area contributed by atoms with Crippen molar-refractivity contribution in [2.24, 2.45) is 17.8 Å². The number of imidazole rings is 1. The number of carbonyl (C=O) groups is 2. The molecule has 3 fully saturated rings. The van der Waals surface area contributed by atoms with Gasteiger partial charge in [-0.05, 0) is 73.2 Å². The number of nitrogens with one attached hydrogen (secondary N) is 3. The highest BCUT2D eigenvalue weighted by Crippen LogP contribution is 2.45. The minimum Gasteiger partial charge on any atom is -0.349 e. The molecular formula is C28H32F4N6O3. The van der Waals surface area contributed by atoms with Crippen LogP contribution >= 0.6 is 0 Å². The van der Waals surface area contributed by atoms with Crippen molar-refractivity contribution in [1.29, 1.82) is 0 Å². The number of hydrogen-bond acceptors (Lipinski definition) is 6. The molecule has 0 unspecified atom stereocenters. The Kier molecular flexibility index (Phi) is 7.01. The number of amides is 2. The van der Waals surface area contributed by atoms with Crippen LogP contribution in [0, 0.1) is 24.7 Å². The van der Waals surface area contributed by atoms with Gasteiger partial charge in [0.25, 0.3) is 5.91 Å². The maximum Gasteiger partial charge on any atom is 0.276 e. The molecule has 13 heteroatoms. The topological polar surface area (TPSA) is 126 Å². The van der Waals surface area contributed by atoms with E-state index in [1.54, 1.807) is 6.92 Å². The fraction of sp³-hybridized carbons (Fsp3) is 0.607. The predicted molar refractivity (Wildman–Crippen MR) is 138 cm³/mol. The van der Waals surface area contributed by atoms with Gasteiger partial charge in [0, 0.05) is 32.1 Å². The van der Waals surface area contributed by atoms with Gasteiger partial charge in [0.2, 0.25) is 17.8 Å². The van der Waals surface area contributed by atoms with Crippen LogP contribution in [0.2, 0.25) is 0 Å². The van der Waals surface area contributed by atoms with Crippen LogP contribution in [-0.2, 0) is 4.79 Å². The average molecular weight is 577 g/mol. The summed E-state index contributed by atoms with van der Waals surface area (Å²) in [5.74, 6) is -6.08.